The molecule has 0 saturated carbocycles. The lowest BCUT2D eigenvalue weighted by Crippen LogP contribution is -2.53. The van der Waals surface area contributed by atoms with Gasteiger partial charge in [0.2, 0.25) is 0 Å². The summed E-state index contributed by atoms with van der Waals surface area (Å²) in [6.07, 6.45) is 2.02. The maximum atomic E-state index is 9.44. The van der Waals surface area contributed by atoms with Crippen LogP contribution in [0.15, 0.2) is 0 Å². The maximum Gasteiger partial charge on any atom is 0.137 e. The van der Waals surface area contributed by atoms with E-state index in [1.807, 2.05) is 6.92 Å². The molecular formula is C11H19N3O. The van der Waals surface area contributed by atoms with Gasteiger partial charge >= 0.3 is 0 Å². The molecule has 0 spiro atoms. The molecule has 4 nitrogen and oxygen atoms in total. The van der Waals surface area contributed by atoms with Gasteiger partial charge in [0.05, 0.1) is 12.2 Å². The van der Waals surface area contributed by atoms with Crippen LogP contribution in [0.5, 0.6) is 0 Å². The maximum absolute atomic E-state index is 9.44. The van der Waals surface area contributed by atoms with E-state index >= 15 is 0 Å². The van der Waals surface area contributed by atoms with Gasteiger partial charge in [-0.15, -0.1) is 0 Å². The number of hydrogen-bond acceptors (Lipinski definition) is 4. The fourth-order valence-corrected chi connectivity index (χ4v) is 2.61. The predicted octanol–water partition coefficient (Wildman–Crippen LogP) is 0.353. The summed E-state index contributed by atoms with van der Waals surface area (Å²) >= 11 is 0. The molecule has 0 amide bonds. The van der Waals surface area contributed by atoms with Gasteiger partial charge in [0, 0.05) is 32.7 Å². The summed E-state index contributed by atoms with van der Waals surface area (Å²) in [7, 11) is 0. The first-order valence-corrected chi connectivity index (χ1v) is 5.78. The van der Waals surface area contributed by atoms with E-state index in [2.05, 4.69) is 16.3 Å². The number of hydrogen-bond donors (Lipinski definition) is 1. The molecule has 0 aromatic carbocycles. The summed E-state index contributed by atoms with van der Waals surface area (Å²) in [4.78, 5) is 2.31. The van der Waals surface area contributed by atoms with Crippen molar-refractivity contribution in [1.29, 1.82) is 5.26 Å². The molecule has 2 aliphatic rings. The molecule has 2 rings (SSSR count). The van der Waals surface area contributed by atoms with Crippen LogP contribution in [-0.2, 0) is 4.74 Å². The summed E-state index contributed by atoms with van der Waals surface area (Å²) in [6.45, 7) is 6.76. The van der Waals surface area contributed by atoms with E-state index in [1.54, 1.807) is 0 Å². The fraction of sp³-hybridized carbons (Fsp3) is 0.909. The molecule has 15 heavy (non-hydrogen) atoms. The van der Waals surface area contributed by atoms with Crippen molar-refractivity contribution < 1.29 is 4.74 Å². The van der Waals surface area contributed by atoms with Crippen LogP contribution >= 0.6 is 0 Å². The van der Waals surface area contributed by atoms with Gasteiger partial charge in [-0.3, -0.25) is 4.90 Å². The highest BCUT2D eigenvalue weighted by molar-refractivity contribution is 5.15. The van der Waals surface area contributed by atoms with Gasteiger partial charge in [-0.1, -0.05) is 0 Å². The fourth-order valence-electron chi connectivity index (χ4n) is 2.61. The standard InChI is InChI=1S/C11H19N3O/c1-10-11(9-12,3-8-15-10)14-6-2-4-13-5-7-14/h10,13H,2-8H2,1H3. The molecule has 84 valence electrons. The first-order valence-electron chi connectivity index (χ1n) is 5.78. The van der Waals surface area contributed by atoms with Crippen LogP contribution in [0.4, 0.5) is 0 Å². The second kappa shape index (κ2) is 4.48. The minimum Gasteiger partial charge on any atom is -0.375 e. The monoisotopic (exact) mass is 209 g/mol. The SMILES string of the molecule is CC1OCCC1(C#N)N1CCCNCC1. The summed E-state index contributed by atoms with van der Waals surface area (Å²) in [5.74, 6) is 0. The largest absolute Gasteiger partial charge is 0.375 e. The van der Waals surface area contributed by atoms with Crippen LogP contribution < -0.4 is 5.32 Å². The molecule has 0 aliphatic carbocycles. The highest BCUT2D eigenvalue weighted by Gasteiger charge is 2.46. The molecule has 2 atom stereocenters. The Morgan fingerprint density at radius 3 is 3.00 bits per heavy atom. The normalized spacial score (nSPS) is 38.5. The second-order valence-electron chi connectivity index (χ2n) is 4.39. The van der Waals surface area contributed by atoms with Crippen LogP contribution in [0.1, 0.15) is 19.8 Å². The Balaban J connectivity index is 2.14. The Labute approximate surface area is 91.2 Å². The van der Waals surface area contributed by atoms with Gasteiger partial charge in [-0.05, 0) is 19.9 Å². The van der Waals surface area contributed by atoms with E-state index < -0.39 is 0 Å². The molecule has 0 aromatic heterocycles. The smallest absolute Gasteiger partial charge is 0.137 e. The molecule has 2 unspecified atom stereocenters. The van der Waals surface area contributed by atoms with Crippen molar-refractivity contribution in [2.45, 2.75) is 31.4 Å². The van der Waals surface area contributed by atoms with Crippen molar-refractivity contribution >= 4 is 0 Å². The van der Waals surface area contributed by atoms with E-state index in [-0.39, 0.29) is 11.6 Å². The lowest BCUT2D eigenvalue weighted by Gasteiger charge is -2.36. The van der Waals surface area contributed by atoms with Gasteiger partial charge in [-0.2, -0.15) is 5.26 Å². The molecule has 2 saturated heterocycles. The zero-order valence-electron chi connectivity index (χ0n) is 9.33. The average molecular weight is 209 g/mol. The van der Waals surface area contributed by atoms with E-state index in [1.165, 1.54) is 0 Å². The van der Waals surface area contributed by atoms with Crippen molar-refractivity contribution in [3.8, 4) is 6.07 Å². The minimum absolute atomic E-state index is 0.0422. The molecule has 2 fully saturated rings. The van der Waals surface area contributed by atoms with Crippen molar-refractivity contribution in [2.75, 3.05) is 32.8 Å². The summed E-state index contributed by atoms with van der Waals surface area (Å²) in [5.41, 5.74) is -0.369. The van der Waals surface area contributed by atoms with Crippen molar-refractivity contribution in [3.05, 3.63) is 0 Å². The van der Waals surface area contributed by atoms with Crippen molar-refractivity contribution in [2.24, 2.45) is 0 Å². The highest BCUT2D eigenvalue weighted by Crippen LogP contribution is 2.31. The average Bonchev–Trinajstić information content (AvgIpc) is 2.49. The third-order valence-corrected chi connectivity index (χ3v) is 3.62. The van der Waals surface area contributed by atoms with Crippen LogP contribution in [0.25, 0.3) is 0 Å². The Kier molecular flexibility index (Phi) is 3.25. The van der Waals surface area contributed by atoms with E-state index in [4.69, 9.17) is 4.74 Å². The molecule has 2 heterocycles. The Morgan fingerprint density at radius 1 is 1.47 bits per heavy atom. The molecule has 0 radical (unpaired) electrons. The van der Waals surface area contributed by atoms with Gasteiger partial charge in [0.15, 0.2) is 0 Å². The number of nitriles is 1. The lowest BCUT2D eigenvalue weighted by atomic mass is 9.91. The van der Waals surface area contributed by atoms with Crippen LogP contribution in [0, 0.1) is 11.3 Å². The van der Waals surface area contributed by atoms with E-state index in [0.29, 0.717) is 0 Å². The molecule has 2 aliphatic heterocycles. The lowest BCUT2D eigenvalue weighted by molar-refractivity contribution is 0.0442. The van der Waals surface area contributed by atoms with Gasteiger partial charge in [0.25, 0.3) is 0 Å². The molecule has 0 bridgehead atoms. The van der Waals surface area contributed by atoms with Gasteiger partial charge < -0.3 is 10.1 Å². The van der Waals surface area contributed by atoms with Gasteiger partial charge in [-0.25, -0.2) is 0 Å². The predicted molar refractivity (Wildman–Crippen MR) is 57.4 cm³/mol. The topological polar surface area (TPSA) is 48.3 Å². The van der Waals surface area contributed by atoms with E-state index in [0.717, 1.165) is 45.6 Å². The van der Waals surface area contributed by atoms with Crippen LogP contribution in [0.2, 0.25) is 0 Å². The minimum atomic E-state index is -0.369. The molecule has 0 aromatic rings. The molecular weight excluding hydrogens is 190 g/mol. The molecule has 1 N–H and O–H groups in total. The Morgan fingerprint density at radius 2 is 2.33 bits per heavy atom. The van der Waals surface area contributed by atoms with Crippen LogP contribution in [0.3, 0.4) is 0 Å². The summed E-state index contributed by atoms with van der Waals surface area (Å²) < 4.78 is 5.57. The second-order valence-corrected chi connectivity index (χ2v) is 4.39. The number of ether oxygens (including phenoxy) is 1. The quantitative estimate of drug-likeness (QED) is 0.677. The Hall–Kier alpha value is -0.630. The number of nitrogens with zero attached hydrogens (tertiary/aromatic N) is 2. The third kappa shape index (κ3) is 1.87. The first kappa shape index (κ1) is 10.9. The highest BCUT2D eigenvalue weighted by atomic mass is 16.5. The zero-order chi connectivity index (χ0) is 10.7. The summed E-state index contributed by atoms with van der Waals surface area (Å²) in [6, 6.07) is 2.50. The summed E-state index contributed by atoms with van der Waals surface area (Å²) in [5, 5.41) is 12.8. The molecule has 4 heteroatoms. The van der Waals surface area contributed by atoms with E-state index in [9.17, 15) is 5.26 Å². The number of nitrogens with one attached hydrogen (secondary N) is 1. The van der Waals surface area contributed by atoms with Crippen molar-refractivity contribution in [1.82, 2.24) is 10.2 Å². The third-order valence-electron chi connectivity index (χ3n) is 3.62. The zero-order valence-corrected chi connectivity index (χ0v) is 9.33. The van der Waals surface area contributed by atoms with Gasteiger partial charge in [0.1, 0.15) is 5.54 Å². The van der Waals surface area contributed by atoms with Crippen molar-refractivity contribution in [3.63, 3.8) is 0 Å². The first-order chi connectivity index (χ1) is 7.29. The Bertz CT molecular complexity index is 255. The van der Waals surface area contributed by atoms with Crippen LogP contribution in [-0.4, -0.2) is 49.3 Å². The number of rotatable bonds is 1.